The van der Waals surface area contributed by atoms with Crippen molar-refractivity contribution in [3.8, 4) is 11.5 Å². The van der Waals surface area contributed by atoms with E-state index in [2.05, 4.69) is 20.8 Å². The molecule has 2 amide bonds. The summed E-state index contributed by atoms with van der Waals surface area (Å²) in [6.45, 7) is 2.47. The SMILES string of the molecule is CCOc1ccc(NC(=O)CC2S/C(=N\N=Cc3cccc(O)c3)NC2=O)cc1. The molecule has 3 rings (SSSR count). The second-order valence-corrected chi connectivity index (χ2v) is 7.24. The van der Waals surface area contributed by atoms with E-state index >= 15 is 0 Å². The van der Waals surface area contributed by atoms with Crippen molar-refractivity contribution < 1.29 is 19.4 Å². The zero-order chi connectivity index (χ0) is 20.6. The van der Waals surface area contributed by atoms with Gasteiger partial charge in [0.05, 0.1) is 12.8 Å². The number of aromatic hydroxyl groups is 1. The van der Waals surface area contributed by atoms with E-state index in [-0.39, 0.29) is 24.0 Å². The third kappa shape index (κ3) is 6.08. The Kier molecular flexibility index (Phi) is 6.85. The average molecular weight is 412 g/mol. The van der Waals surface area contributed by atoms with E-state index in [0.29, 0.717) is 23.0 Å². The summed E-state index contributed by atoms with van der Waals surface area (Å²) in [5.74, 6) is 0.293. The number of benzene rings is 2. The summed E-state index contributed by atoms with van der Waals surface area (Å²) < 4.78 is 5.36. The highest BCUT2D eigenvalue weighted by Crippen LogP contribution is 2.23. The van der Waals surface area contributed by atoms with Crippen LogP contribution in [0.2, 0.25) is 0 Å². The average Bonchev–Trinajstić information content (AvgIpc) is 3.03. The quantitative estimate of drug-likeness (QED) is 0.478. The molecule has 0 radical (unpaired) electrons. The van der Waals surface area contributed by atoms with Gasteiger partial charge < -0.3 is 20.5 Å². The molecule has 0 spiro atoms. The number of amides is 2. The predicted octanol–water partition coefficient (Wildman–Crippen LogP) is 2.74. The van der Waals surface area contributed by atoms with Crippen LogP contribution in [0.4, 0.5) is 5.69 Å². The summed E-state index contributed by atoms with van der Waals surface area (Å²) in [7, 11) is 0. The molecule has 8 nitrogen and oxygen atoms in total. The molecule has 1 aliphatic heterocycles. The lowest BCUT2D eigenvalue weighted by atomic mass is 10.2. The summed E-state index contributed by atoms with van der Waals surface area (Å²) in [6, 6.07) is 13.6. The van der Waals surface area contributed by atoms with Gasteiger partial charge in [0.15, 0.2) is 5.17 Å². The summed E-state index contributed by atoms with van der Waals surface area (Å²) in [5, 5.41) is 22.4. The van der Waals surface area contributed by atoms with Crippen molar-refractivity contribution in [1.82, 2.24) is 5.32 Å². The van der Waals surface area contributed by atoms with Gasteiger partial charge >= 0.3 is 0 Å². The largest absolute Gasteiger partial charge is 0.508 e. The molecule has 1 saturated heterocycles. The summed E-state index contributed by atoms with van der Waals surface area (Å²) in [5.41, 5.74) is 1.31. The standard InChI is InChI=1S/C20H20N4O4S/c1-2-28-16-8-6-14(7-9-16)22-18(26)11-17-19(27)23-20(29-17)24-21-12-13-4-3-5-15(25)10-13/h3-10,12,17,25H,2,11H2,1H3,(H,22,26)(H,23,24,27). The minimum Gasteiger partial charge on any atom is -0.508 e. The molecule has 1 fully saturated rings. The molecule has 0 saturated carbocycles. The minimum atomic E-state index is -0.576. The van der Waals surface area contributed by atoms with E-state index in [1.54, 1.807) is 42.5 Å². The van der Waals surface area contributed by atoms with Crippen LogP contribution in [0.1, 0.15) is 18.9 Å². The van der Waals surface area contributed by atoms with Crippen LogP contribution in [-0.2, 0) is 9.59 Å². The monoisotopic (exact) mass is 412 g/mol. The molecule has 0 aromatic heterocycles. The molecule has 1 unspecified atom stereocenters. The number of thioether (sulfide) groups is 1. The van der Waals surface area contributed by atoms with Gasteiger partial charge in [-0.1, -0.05) is 23.9 Å². The normalized spacial score (nSPS) is 17.5. The first-order valence-corrected chi connectivity index (χ1v) is 9.81. The Bertz CT molecular complexity index is 944. The first-order valence-electron chi connectivity index (χ1n) is 8.94. The van der Waals surface area contributed by atoms with Gasteiger partial charge in [-0.15, -0.1) is 5.10 Å². The lowest BCUT2D eigenvalue weighted by Crippen LogP contribution is -2.28. The maximum Gasteiger partial charge on any atom is 0.240 e. The Balaban J connectivity index is 1.52. The maximum atomic E-state index is 12.2. The Hall–Kier alpha value is -3.33. The number of ether oxygens (including phenoxy) is 1. The maximum absolute atomic E-state index is 12.2. The van der Waals surface area contributed by atoms with Crippen molar-refractivity contribution in [3.63, 3.8) is 0 Å². The van der Waals surface area contributed by atoms with Crippen LogP contribution < -0.4 is 15.4 Å². The Morgan fingerprint density at radius 2 is 2.10 bits per heavy atom. The number of nitrogens with one attached hydrogen (secondary N) is 2. The van der Waals surface area contributed by atoms with E-state index in [9.17, 15) is 14.7 Å². The summed E-state index contributed by atoms with van der Waals surface area (Å²) >= 11 is 1.15. The van der Waals surface area contributed by atoms with Gasteiger partial charge in [0.25, 0.3) is 0 Å². The molecular formula is C20H20N4O4S. The zero-order valence-corrected chi connectivity index (χ0v) is 16.5. The van der Waals surface area contributed by atoms with Crippen LogP contribution in [0.25, 0.3) is 0 Å². The highest BCUT2D eigenvalue weighted by Gasteiger charge is 2.32. The van der Waals surface area contributed by atoms with Crippen LogP contribution in [0.15, 0.2) is 58.7 Å². The molecular weight excluding hydrogens is 392 g/mol. The molecule has 0 bridgehead atoms. The van der Waals surface area contributed by atoms with Crippen LogP contribution in [-0.4, -0.2) is 40.2 Å². The number of nitrogens with zero attached hydrogens (tertiary/aromatic N) is 2. The molecule has 1 heterocycles. The molecule has 3 N–H and O–H groups in total. The second kappa shape index (κ2) is 9.74. The van der Waals surface area contributed by atoms with Crippen molar-refractivity contribution in [3.05, 3.63) is 54.1 Å². The Morgan fingerprint density at radius 3 is 2.83 bits per heavy atom. The summed E-state index contributed by atoms with van der Waals surface area (Å²) in [6.07, 6.45) is 1.48. The van der Waals surface area contributed by atoms with E-state index < -0.39 is 5.25 Å². The van der Waals surface area contributed by atoms with Crippen molar-refractivity contribution >= 4 is 40.6 Å². The molecule has 9 heteroatoms. The van der Waals surface area contributed by atoms with Crippen molar-refractivity contribution in [2.45, 2.75) is 18.6 Å². The van der Waals surface area contributed by atoms with Gasteiger partial charge in [0.2, 0.25) is 11.8 Å². The Morgan fingerprint density at radius 1 is 1.31 bits per heavy atom. The fraction of sp³-hybridized carbons (Fsp3) is 0.200. The highest BCUT2D eigenvalue weighted by molar-refractivity contribution is 8.15. The number of carbonyl (C=O) groups is 2. The number of carbonyl (C=O) groups excluding carboxylic acids is 2. The number of phenols is 1. The third-order valence-electron chi connectivity index (χ3n) is 3.82. The fourth-order valence-corrected chi connectivity index (χ4v) is 3.45. The molecule has 0 aliphatic carbocycles. The van der Waals surface area contributed by atoms with E-state index in [4.69, 9.17) is 4.74 Å². The van der Waals surface area contributed by atoms with Crippen molar-refractivity contribution in [2.75, 3.05) is 11.9 Å². The molecule has 1 atom stereocenters. The topological polar surface area (TPSA) is 112 Å². The number of phenolic OH excluding ortho intramolecular Hbond substituents is 1. The lowest BCUT2D eigenvalue weighted by molar-refractivity contribution is -0.122. The van der Waals surface area contributed by atoms with Gasteiger partial charge in [0, 0.05) is 12.1 Å². The van der Waals surface area contributed by atoms with Crippen LogP contribution in [0, 0.1) is 0 Å². The van der Waals surface area contributed by atoms with Crippen LogP contribution >= 0.6 is 11.8 Å². The second-order valence-electron chi connectivity index (χ2n) is 6.05. The highest BCUT2D eigenvalue weighted by atomic mass is 32.2. The first kappa shape index (κ1) is 20.4. The Labute approximate surface area is 172 Å². The molecule has 2 aromatic rings. The van der Waals surface area contributed by atoms with E-state index in [1.807, 2.05) is 6.92 Å². The van der Waals surface area contributed by atoms with Gasteiger partial charge in [-0.05, 0) is 48.9 Å². The fourth-order valence-electron chi connectivity index (χ4n) is 2.52. The predicted molar refractivity (Wildman–Crippen MR) is 114 cm³/mol. The number of hydrogen-bond donors (Lipinski definition) is 3. The van der Waals surface area contributed by atoms with Crippen LogP contribution in [0.3, 0.4) is 0 Å². The molecule has 29 heavy (non-hydrogen) atoms. The number of amidine groups is 1. The third-order valence-corrected chi connectivity index (χ3v) is 4.89. The smallest absolute Gasteiger partial charge is 0.240 e. The molecule has 2 aromatic carbocycles. The van der Waals surface area contributed by atoms with Crippen molar-refractivity contribution in [2.24, 2.45) is 10.2 Å². The summed E-state index contributed by atoms with van der Waals surface area (Å²) in [4.78, 5) is 24.3. The van der Waals surface area contributed by atoms with Gasteiger partial charge in [0.1, 0.15) is 16.7 Å². The minimum absolute atomic E-state index is 0.0129. The molecule has 1 aliphatic rings. The molecule has 150 valence electrons. The van der Waals surface area contributed by atoms with Gasteiger partial charge in [-0.25, -0.2) is 0 Å². The zero-order valence-electron chi connectivity index (χ0n) is 15.7. The number of rotatable bonds is 7. The van der Waals surface area contributed by atoms with Crippen molar-refractivity contribution in [1.29, 1.82) is 0 Å². The van der Waals surface area contributed by atoms with E-state index in [0.717, 1.165) is 17.5 Å². The van der Waals surface area contributed by atoms with E-state index in [1.165, 1.54) is 12.3 Å². The van der Waals surface area contributed by atoms with Crippen LogP contribution in [0.5, 0.6) is 11.5 Å². The lowest BCUT2D eigenvalue weighted by Gasteiger charge is -2.08. The van der Waals surface area contributed by atoms with Gasteiger partial charge in [-0.3, -0.25) is 9.59 Å². The van der Waals surface area contributed by atoms with Gasteiger partial charge in [-0.2, -0.15) is 5.10 Å². The number of anilines is 1. The first-order chi connectivity index (χ1) is 14.0. The number of hydrogen-bond acceptors (Lipinski definition) is 7.